The Hall–Kier alpha value is -2.70. The van der Waals surface area contributed by atoms with Crippen molar-refractivity contribution < 1.29 is 29.0 Å². The topological polar surface area (TPSA) is 121 Å². The molecule has 0 unspecified atom stereocenters. The van der Waals surface area contributed by atoms with Crippen LogP contribution < -0.4 is 5.32 Å². The molecule has 2 amide bonds. The summed E-state index contributed by atoms with van der Waals surface area (Å²) in [6.45, 7) is 11.0. The van der Waals surface area contributed by atoms with Crippen molar-refractivity contribution in [1.82, 2.24) is 20.1 Å². The normalized spacial score (nSPS) is 22.2. The third-order valence-corrected chi connectivity index (χ3v) is 9.14. The second-order valence-electron chi connectivity index (χ2n) is 12.3. The highest BCUT2D eigenvalue weighted by Crippen LogP contribution is 2.34. The minimum atomic E-state index is -0.807. The first-order valence-electron chi connectivity index (χ1n) is 14.6. The molecule has 0 saturated carbocycles. The van der Waals surface area contributed by atoms with E-state index in [1.54, 1.807) is 18.4 Å². The fourth-order valence-corrected chi connectivity index (χ4v) is 6.40. The summed E-state index contributed by atoms with van der Waals surface area (Å²) in [4.78, 5) is 49.6. The van der Waals surface area contributed by atoms with E-state index in [4.69, 9.17) is 9.47 Å². The van der Waals surface area contributed by atoms with Crippen molar-refractivity contribution in [2.45, 2.75) is 65.3 Å². The van der Waals surface area contributed by atoms with Crippen LogP contribution in [0.3, 0.4) is 0 Å². The molecule has 2 aliphatic rings. The minimum Gasteiger partial charge on any atom is -0.391 e. The van der Waals surface area contributed by atoms with Crippen molar-refractivity contribution in [3.05, 3.63) is 41.0 Å². The van der Waals surface area contributed by atoms with Gasteiger partial charge < -0.3 is 24.8 Å². The predicted molar refractivity (Wildman–Crippen MR) is 161 cm³/mol. The molecule has 2 aromatic rings. The van der Waals surface area contributed by atoms with Gasteiger partial charge in [-0.3, -0.25) is 19.3 Å². The number of amides is 2. The third kappa shape index (κ3) is 8.02. The first-order valence-corrected chi connectivity index (χ1v) is 15.5. The molecule has 1 aromatic carbocycles. The smallest absolute Gasteiger partial charge is 0.243 e. The zero-order valence-electron chi connectivity index (χ0n) is 25.3. The van der Waals surface area contributed by atoms with Crippen LogP contribution in [0.2, 0.25) is 0 Å². The number of β-amino-alcohol motifs (C(OH)–C–C–N with tert-alkyl or cyclic N) is 1. The van der Waals surface area contributed by atoms with E-state index >= 15 is 0 Å². The molecule has 0 spiro atoms. The Balaban J connectivity index is 1.39. The molecule has 42 heavy (non-hydrogen) atoms. The van der Waals surface area contributed by atoms with Gasteiger partial charge in [-0.15, -0.1) is 11.3 Å². The second kappa shape index (κ2) is 14.2. The third-order valence-electron chi connectivity index (χ3n) is 8.16. The molecule has 0 bridgehead atoms. The standard InChI is InChI=1S/C31H44N4O6S/c1-20-28(42-19-33-20)22-8-6-21(7-9-22)16-32-29(38)25-14-23(36)17-35(25)30(39)24(31(2,3)4)15-26(37)27-18-34(10-12-40-5)11-13-41-27/h6-9,19,23-25,27,36H,10-18H2,1-5H3,(H,32,38)/t23-,24-,25+,27+/m1/s1. The number of aromatic nitrogens is 1. The Morgan fingerprint density at radius 3 is 2.60 bits per heavy atom. The highest BCUT2D eigenvalue weighted by atomic mass is 32.1. The maximum atomic E-state index is 13.9. The number of nitrogens with one attached hydrogen (secondary N) is 1. The zero-order valence-corrected chi connectivity index (χ0v) is 26.1. The Morgan fingerprint density at radius 2 is 1.95 bits per heavy atom. The number of carbonyl (C=O) groups excluding carboxylic acids is 3. The molecule has 11 heteroatoms. The molecule has 10 nitrogen and oxygen atoms in total. The molecule has 3 heterocycles. The fourth-order valence-electron chi connectivity index (χ4n) is 5.58. The summed E-state index contributed by atoms with van der Waals surface area (Å²) in [5.41, 5.74) is 4.27. The SMILES string of the molecule is COCCN1CCO[C@H](C(=O)C[C@H](C(=O)N2C[C@H](O)C[C@H]2C(=O)NCc2ccc(-c3scnc3C)cc2)C(C)(C)C)C1. The van der Waals surface area contributed by atoms with E-state index < -0.39 is 29.6 Å². The number of ether oxygens (including phenoxy) is 2. The molecular formula is C31H44N4O6S. The molecule has 0 radical (unpaired) electrons. The van der Waals surface area contributed by atoms with Crippen LogP contribution in [0, 0.1) is 18.3 Å². The lowest BCUT2D eigenvalue weighted by molar-refractivity contribution is -0.149. The Bertz CT molecular complexity index is 1230. The van der Waals surface area contributed by atoms with Crippen LogP contribution in [0.1, 0.15) is 44.9 Å². The summed E-state index contributed by atoms with van der Waals surface area (Å²) in [6, 6.07) is 7.14. The van der Waals surface area contributed by atoms with Gasteiger partial charge in [0, 0.05) is 58.6 Å². The summed E-state index contributed by atoms with van der Waals surface area (Å²) in [6.07, 6.45) is -1.24. The van der Waals surface area contributed by atoms with Gasteiger partial charge in [-0.25, -0.2) is 4.98 Å². The van der Waals surface area contributed by atoms with E-state index in [0.717, 1.165) is 28.2 Å². The molecule has 2 saturated heterocycles. The van der Waals surface area contributed by atoms with Crippen molar-refractivity contribution in [3.63, 3.8) is 0 Å². The van der Waals surface area contributed by atoms with Gasteiger partial charge in [-0.05, 0) is 23.5 Å². The molecule has 4 atom stereocenters. The number of ketones is 1. The first kappa shape index (κ1) is 32.2. The number of morpholine rings is 1. The van der Waals surface area contributed by atoms with Crippen LogP contribution in [0.4, 0.5) is 0 Å². The van der Waals surface area contributed by atoms with E-state index in [1.165, 1.54) is 4.90 Å². The summed E-state index contributed by atoms with van der Waals surface area (Å²) in [5.74, 6) is -1.39. The molecule has 2 aliphatic heterocycles. The molecule has 230 valence electrons. The van der Waals surface area contributed by atoms with Crippen LogP contribution in [-0.2, 0) is 30.4 Å². The quantitative estimate of drug-likeness (QED) is 0.404. The lowest BCUT2D eigenvalue weighted by Gasteiger charge is -2.36. The average molecular weight is 601 g/mol. The maximum absolute atomic E-state index is 13.9. The van der Waals surface area contributed by atoms with Crippen molar-refractivity contribution >= 4 is 28.9 Å². The number of nitrogens with zero attached hydrogens (tertiary/aromatic N) is 3. The van der Waals surface area contributed by atoms with E-state index in [9.17, 15) is 19.5 Å². The molecular weight excluding hydrogens is 556 g/mol. The number of Topliss-reactive ketones (excluding diaryl/α,β-unsaturated/α-hetero) is 1. The van der Waals surface area contributed by atoms with Crippen molar-refractivity contribution in [3.8, 4) is 10.4 Å². The van der Waals surface area contributed by atoms with Crippen molar-refractivity contribution in [2.24, 2.45) is 11.3 Å². The largest absolute Gasteiger partial charge is 0.391 e. The van der Waals surface area contributed by atoms with Gasteiger partial charge in [0.1, 0.15) is 12.1 Å². The number of benzene rings is 1. The lowest BCUT2D eigenvalue weighted by Crippen LogP contribution is -2.51. The number of thiazole rings is 1. The zero-order chi connectivity index (χ0) is 30.4. The van der Waals surface area contributed by atoms with Crippen molar-refractivity contribution in [1.29, 1.82) is 0 Å². The van der Waals surface area contributed by atoms with E-state index in [2.05, 4.69) is 15.2 Å². The number of hydrogen-bond donors (Lipinski definition) is 2. The summed E-state index contributed by atoms with van der Waals surface area (Å²) < 4.78 is 11.0. The lowest BCUT2D eigenvalue weighted by atomic mass is 9.76. The molecule has 0 aliphatic carbocycles. The van der Waals surface area contributed by atoms with Gasteiger partial charge in [0.2, 0.25) is 11.8 Å². The number of methoxy groups -OCH3 is 1. The summed E-state index contributed by atoms with van der Waals surface area (Å²) >= 11 is 1.59. The number of rotatable bonds is 11. The number of likely N-dealkylation sites (tertiary alicyclic amines) is 1. The molecule has 4 rings (SSSR count). The van der Waals surface area contributed by atoms with E-state index in [0.29, 0.717) is 32.8 Å². The van der Waals surface area contributed by atoms with Gasteiger partial charge in [0.15, 0.2) is 5.78 Å². The first-order chi connectivity index (χ1) is 20.0. The van der Waals surface area contributed by atoms with Gasteiger partial charge in [-0.2, -0.15) is 0 Å². The van der Waals surface area contributed by atoms with Crippen LogP contribution in [-0.4, -0.2) is 102 Å². The number of carbonyl (C=O) groups is 3. The number of aryl methyl sites for hydroxylation is 1. The van der Waals surface area contributed by atoms with E-state index in [1.807, 2.05) is 57.5 Å². The predicted octanol–water partition coefficient (Wildman–Crippen LogP) is 2.67. The number of hydrogen-bond acceptors (Lipinski definition) is 9. The monoisotopic (exact) mass is 600 g/mol. The molecule has 2 fully saturated rings. The Labute approximate surface area is 252 Å². The molecule has 2 N–H and O–H groups in total. The molecule has 1 aromatic heterocycles. The van der Waals surface area contributed by atoms with Crippen LogP contribution >= 0.6 is 11.3 Å². The van der Waals surface area contributed by atoms with Gasteiger partial charge in [-0.1, -0.05) is 45.0 Å². The fraction of sp³-hybridized carbons (Fsp3) is 0.613. The Kier molecular flexibility index (Phi) is 10.9. The maximum Gasteiger partial charge on any atom is 0.243 e. The average Bonchev–Trinajstić information content (AvgIpc) is 3.58. The summed E-state index contributed by atoms with van der Waals surface area (Å²) in [7, 11) is 1.65. The Morgan fingerprint density at radius 1 is 1.21 bits per heavy atom. The number of aliphatic hydroxyl groups is 1. The van der Waals surface area contributed by atoms with Gasteiger partial charge in [0.25, 0.3) is 0 Å². The van der Waals surface area contributed by atoms with Gasteiger partial charge in [0.05, 0.1) is 35.4 Å². The van der Waals surface area contributed by atoms with Crippen LogP contribution in [0.5, 0.6) is 0 Å². The van der Waals surface area contributed by atoms with E-state index in [-0.39, 0.29) is 37.0 Å². The number of aliphatic hydroxyl groups excluding tert-OH is 1. The summed E-state index contributed by atoms with van der Waals surface area (Å²) in [5, 5.41) is 13.4. The van der Waals surface area contributed by atoms with Crippen LogP contribution in [0.15, 0.2) is 29.8 Å². The van der Waals surface area contributed by atoms with Gasteiger partial charge >= 0.3 is 0 Å². The van der Waals surface area contributed by atoms with Crippen LogP contribution in [0.25, 0.3) is 10.4 Å². The highest BCUT2D eigenvalue weighted by Gasteiger charge is 2.45. The van der Waals surface area contributed by atoms with Crippen molar-refractivity contribution in [2.75, 3.05) is 46.5 Å². The minimum absolute atomic E-state index is 0.0115. The second-order valence-corrected chi connectivity index (χ2v) is 13.2. The highest BCUT2D eigenvalue weighted by molar-refractivity contribution is 7.13.